The van der Waals surface area contributed by atoms with Gasteiger partial charge in [-0.25, -0.2) is 4.68 Å². The van der Waals surface area contributed by atoms with Gasteiger partial charge in [0.1, 0.15) is 0 Å². The topological polar surface area (TPSA) is 75.9 Å². The molecule has 0 aliphatic heterocycles. The van der Waals surface area contributed by atoms with E-state index in [9.17, 15) is 0 Å². The molecule has 1 heterocycles. The summed E-state index contributed by atoms with van der Waals surface area (Å²) in [6.07, 6.45) is 0. The SMILES string of the molecule is CC(CO)C(C)Nc1nnnn1C. The Hall–Kier alpha value is -1.17. The third-order valence-corrected chi connectivity index (χ3v) is 2.12. The Morgan fingerprint density at radius 3 is 2.69 bits per heavy atom. The van der Waals surface area contributed by atoms with Gasteiger partial charge >= 0.3 is 0 Å². The second-order valence-corrected chi connectivity index (χ2v) is 3.22. The summed E-state index contributed by atoms with van der Waals surface area (Å²) in [6, 6.07) is 0.148. The number of tetrazole rings is 1. The zero-order valence-corrected chi connectivity index (χ0v) is 8.10. The maximum atomic E-state index is 8.90. The van der Waals surface area contributed by atoms with E-state index in [0.717, 1.165) is 0 Å². The fraction of sp³-hybridized carbons (Fsp3) is 0.857. The van der Waals surface area contributed by atoms with Crippen molar-refractivity contribution in [3.05, 3.63) is 0 Å². The molecule has 0 aromatic carbocycles. The molecule has 0 aliphatic carbocycles. The molecule has 0 spiro atoms. The van der Waals surface area contributed by atoms with Gasteiger partial charge in [-0.2, -0.15) is 0 Å². The predicted octanol–water partition coefficient (Wildman–Crippen LogP) is -0.361. The molecule has 0 radical (unpaired) electrons. The van der Waals surface area contributed by atoms with E-state index >= 15 is 0 Å². The minimum Gasteiger partial charge on any atom is -0.396 e. The first-order valence-electron chi connectivity index (χ1n) is 4.25. The molecule has 2 N–H and O–H groups in total. The third kappa shape index (κ3) is 2.38. The van der Waals surface area contributed by atoms with E-state index in [0.29, 0.717) is 5.95 Å². The van der Waals surface area contributed by atoms with Gasteiger partial charge in [-0.05, 0) is 23.3 Å². The summed E-state index contributed by atoms with van der Waals surface area (Å²) in [4.78, 5) is 0. The number of aryl methyl sites for hydroxylation is 1. The lowest BCUT2D eigenvalue weighted by Crippen LogP contribution is -2.27. The van der Waals surface area contributed by atoms with Gasteiger partial charge in [0.25, 0.3) is 0 Å². The van der Waals surface area contributed by atoms with Crippen molar-refractivity contribution in [1.82, 2.24) is 20.2 Å². The van der Waals surface area contributed by atoms with Crippen LogP contribution in [0.4, 0.5) is 5.95 Å². The van der Waals surface area contributed by atoms with E-state index < -0.39 is 0 Å². The summed E-state index contributed by atoms with van der Waals surface area (Å²) < 4.78 is 1.56. The first-order chi connectivity index (χ1) is 6.15. The molecule has 0 saturated carbocycles. The number of aliphatic hydroxyl groups excluding tert-OH is 1. The molecule has 13 heavy (non-hydrogen) atoms. The van der Waals surface area contributed by atoms with Crippen molar-refractivity contribution in [1.29, 1.82) is 0 Å². The first-order valence-corrected chi connectivity index (χ1v) is 4.25. The maximum absolute atomic E-state index is 8.90. The van der Waals surface area contributed by atoms with Crippen molar-refractivity contribution in [2.45, 2.75) is 19.9 Å². The molecule has 0 fully saturated rings. The van der Waals surface area contributed by atoms with Gasteiger partial charge in [0.15, 0.2) is 0 Å². The highest BCUT2D eigenvalue weighted by Gasteiger charge is 2.13. The van der Waals surface area contributed by atoms with E-state index in [1.165, 1.54) is 0 Å². The summed E-state index contributed by atoms with van der Waals surface area (Å²) in [5, 5.41) is 23.0. The van der Waals surface area contributed by atoms with Gasteiger partial charge in [-0.1, -0.05) is 12.0 Å². The zero-order valence-electron chi connectivity index (χ0n) is 8.10. The number of aliphatic hydroxyl groups is 1. The summed E-state index contributed by atoms with van der Waals surface area (Å²) in [5.74, 6) is 0.796. The smallest absolute Gasteiger partial charge is 0.242 e. The van der Waals surface area contributed by atoms with Crippen molar-refractivity contribution in [3.8, 4) is 0 Å². The fourth-order valence-corrected chi connectivity index (χ4v) is 0.856. The normalized spacial score (nSPS) is 15.4. The lowest BCUT2D eigenvalue weighted by Gasteiger charge is -2.18. The molecule has 0 aliphatic rings. The predicted molar refractivity (Wildman–Crippen MR) is 48.1 cm³/mol. The Kier molecular flexibility index (Phi) is 3.18. The minimum absolute atomic E-state index is 0.148. The van der Waals surface area contributed by atoms with Gasteiger partial charge < -0.3 is 10.4 Å². The molecule has 1 rings (SSSR count). The second-order valence-electron chi connectivity index (χ2n) is 3.22. The third-order valence-electron chi connectivity index (χ3n) is 2.12. The van der Waals surface area contributed by atoms with Crippen LogP contribution >= 0.6 is 0 Å². The largest absolute Gasteiger partial charge is 0.396 e. The van der Waals surface area contributed by atoms with Crippen LogP contribution in [-0.2, 0) is 7.05 Å². The molecule has 6 nitrogen and oxygen atoms in total. The highest BCUT2D eigenvalue weighted by Crippen LogP contribution is 2.07. The summed E-state index contributed by atoms with van der Waals surface area (Å²) in [6.45, 7) is 4.09. The second kappa shape index (κ2) is 4.18. The molecule has 74 valence electrons. The number of rotatable bonds is 4. The number of anilines is 1. The van der Waals surface area contributed by atoms with Crippen LogP contribution in [0.5, 0.6) is 0 Å². The Morgan fingerprint density at radius 2 is 2.23 bits per heavy atom. The summed E-state index contributed by atoms with van der Waals surface area (Å²) in [7, 11) is 1.76. The zero-order chi connectivity index (χ0) is 9.84. The molecule has 0 saturated heterocycles. The highest BCUT2D eigenvalue weighted by atomic mass is 16.3. The van der Waals surface area contributed by atoms with E-state index in [1.54, 1.807) is 11.7 Å². The monoisotopic (exact) mass is 185 g/mol. The van der Waals surface area contributed by atoms with Crippen LogP contribution in [0, 0.1) is 5.92 Å². The summed E-state index contributed by atoms with van der Waals surface area (Å²) in [5.41, 5.74) is 0. The average Bonchev–Trinajstić information content (AvgIpc) is 2.50. The van der Waals surface area contributed by atoms with Gasteiger partial charge in [0.2, 0.25) is 5.95 Å². The van der Waals surface area contributed by atoms with Crippen LogP contribution in [0.3, 0.4) is 0 Å². The van der Waals surface area contributed by atoms with Crippen LogP contribution in [0.15, 0.2) is 0 Å². The number of nitrogens with one attached hydrogen (secondary N) is 1. The van der Waals surface area contributed by atoms with Crippen molar-refractivity contribution in [3.63, 3.8) is 0 Å². The Morgan fingerprint density at radius 1 is 1.54 bits per heavy atom. The lowest BCUT2D eigenvalue weighted by molar-refractivity contribution is 0.226. The molecular formula is C7H15N5O. The molecule has 6 heteroatoms. The van der Waals surface area contributed by atoms with Gasteiger partial charge in [0, 0.05) is 19.7 Å². The Labute approximate surface area is 76.9 Å². The Balaban J connectivity index is 2.54. The highest BCUT2D eigenvalue weighted by molar-refractivity contribution is 5.22. The number of aromatic nitrogens is 4. The lowest BCUT2D eigenvalue weighted by atomic mass is 10.1. The van der Waals surface area contributed by atoms with Crippen LogP contribution in [0.25, 0.3) is 0 Å². The average molecular weight is 185 g/mol. The Bertz CT molecular complexity index is 261. The fourth-order valence-electron chi connectivity index (χ4n) is 0.856. The van der Waals surface area contributed by atoms with Gasteiger partial charge in [-0.3, -0.25) is 0 Å². The van der Waals surface area contributed by atoms with Crippen molar-refractivity contribution in [2.75, 3.05) is 11.9 Å². The molecular weight excluding hydrogens is 170 g/mol. The van der Waals surface area contributed by atoms with Crippen LogP contribution in [0.2, 0.25) is 0 Å². The molecule has 1 aromatic heterocycles. The maximum Gasteiger partial charge on any atom is 0.242 e. The standard InChI is InChI=1S/C7H15N5O/c1-5(4-13)6(2)8-7-9-10-11-12(7)3/h5-6,13H,4H2,1-3H3,(H,8,9,11). The quantitative estimate of drug-likeness (QED) is 0.670. The van der Waals surface area contributed by atoms with Crippen molar-refractivity contribution in [2.24, 2.45) is 13.0 Å². The molecule has 2 unspecified atom stereocenters. The van der Waals surface area contributed by atoms with E-state index in [-0.39, 0.29) is 18.6 Å². The number of hydrogen-bond acceptors (Lipinski definition) is 5. The van der Waals surface area contributed by atoms with Crippen LogP contribution < -0.4 is 5.32 Å². The van der Waals surface area contributed by atoms with E-state index in [2.05, 4.69) is 20.8 Å². The van der Waals surface area contributed by atoms with E-state index in [1.807, 2.05) is 13.8 Å². The minimum atomic E-state index is 0.148. The number of hydrogen-bond donors (Lipinski definition) is 2. The summed E-state index contributed by atoms with van der Waals surface area (Å²) >= 11 is 0. The van der Waals surface area contributed by atoms with Gasteiger partial charge in [-0.15, -0.1) is 0 Å². The van der Waals surface area contributed by atoms with Crippen LogP contribution in [0.1, 0.15) is 13.8 Å². The molecule has 0 bridgehead atoms. The number of nitrogens with zero attached hydrogens (tertiary/aromatic N) is 4. The van der Waals surface area contributed by atoms with Crippen molar-refractivity contribution >= 4 is 5.95 Å². The molecule has 2 atom stereocenters. The van der Waals surface area contributed by atoms with Crippen molar-refractivity contribution < 1.29 is 5.11 Å². The van der Waals surface area contributed by atoms with E-state index in [4.69, 9.17) is 5.11 Å². The molecule has 0 amide bonds. The molecule has 1 aromatic rings. The first kappa shape index (κ1) is 9.91. The van der Waals surface area contributed by atoms with Gasteiger partial charge in [0.05, 0.1) is 0 Å². The van der Waals surface area contributed by atoms with Crippen LogP contribution in [-0.4, -0.2) is 38.0 Å².